The third-order valence-corrected chi connectivity index (χ3v) is 3.27. The predicted molar refractivity (Wildman–Crippen MR) is 101 cm³/mol. The van der Waals surface area contributed by atoms with Crippen molar-refractivity contribution in [2.45, 2.75) is 39.7 Å². The summed E-state index contributed by atoms with van der Waals surface area (Å²) in [5.74, 6) is 2.41. The van der Waals surface area contributed by atoms with Gasteiger partial charge in [-0.25, -0.2) is 9.98 Å². The molecule has 2 N–H and O–H groups in total. The zero-order valence-corrected chi connectivity index (χ0v) is 15.8. The number of halogens is 1. The van der Waals surface area contributed by atoms with Gasteiger partial charge in [-0.15, -0.1) is 24.0 Å². The Labute approximate surface area is 150 Å². The van der Waals surface area contributed by atoms with Crippen LogP contribution < -0.4 is 15.4 Å². The Bertz CT molecular complexity index is 446. The largest absolute Gasteiger partial charge is 0.478 e. The molecular weight excluding hydrogens is 391 g/mol. The first-order valence-electron chi connectivity index (χ1n) is 7.91. The quantitative estimate of drug-likeness (QED) is 0.387. The van der Waals surface area contributed by atoms with Crippen molar-refractivity contribution in [2.75, 3.05) is 19.7 Å². The number of hydrogen-bond acceptors (Lipinski definition) is 3. The number of nitrogens with one attached hydrogen (secondary N) is 2. The fourth-order valence-electron chi connectivity index (χ4n) is 1.87. The van der Waals surface area contributed by atoms with Gasteiger partial charge in [0.1, 0.15) is 0 Å². The van der Waals surface area contributed by atoms with Gasteiger partial charge in [0.25, 0.3) is 0 Å². The van der Waals surface area contributed by atoms with E-state index in [1.807, 2.05) is 18.3 Å². The van der Waals surface area contributed by atoms with Gasteiger partial charge in [-0.3, -0.25) is 0 Å². The highest BCUT2D eigenvalue weighted by Gasteiger charge is 2.20. The van der Waals surface area contributed by atoms with Gasteiger partial charge in [-0.2, -0.15) is 0 Å². The summed E-state index contributed by atoms with van der Waals surface area (Å²) in [5.41, 5.74) is 1.09. The van der Waals surface area contributed by atoms with Gasteiger partial charge in [0.2, 0.25) is 5.88 Å². The highest BCUT2D eigenvalue weighted by Crippen LogP contribution is 2.27. The van der Waals surface area contributed by atoms with Crippen LogP contribution in [0.2, 0.25) is 0 Å². The molecule has 0 spiro atoms. The summed E-state index contributed by atoms with van der Waals surface area (Å²) >= 11 is 0. The second-order valence-electron chi connectivity index (χ2n) is 5.37. The normalized spacial score (nSPS) is 14.2. The number of rotatable bonds is 8. The van der Waals surface area contributed by atoms with E-state index in [0.717, 1.165) is 37.0 Å². The molecule has 0 atom stereocenters. The minimum atomic E-state index is 0. The molecule has 1 aliphatic carbocycles. The van der Waals surface area contributed by atoms with Crippen molar-refractivity contribution in [1.82, 2.24) is 15.6 Å². The highest BCUT2D eigenvalue weighted by atomic mass is 127. The fraction of sp³-hybridized carbons (Fsp3) is 0.625. The number of pyridine rings is 1. The van der Waals surface area contributed by atoms with E-state index in [9.17, 15) is 0 Å². The van der Waals surface area contributed by atoms with E-state index in [1.165, 1.54) is 12.8 Å². The molecule has 6 heteroatoms. The zero-order chi connectivity index (χ0) is 14.9. The first kappa shape index (κ1) is 19.0. The molecule has 2 rings (SSSR count). The van der Waals surface area contributed by atoms with E-state index in [4.69, 9.17) is 4.74 Å². The highest BCUT2D eigenvalue weighted by molar-refractivity contribution is 14.0. The molecule has 1 aromatic heterocycles. The van der Waals surface area contributed by atoms with Crippen LogP contribution in [0, 0.1) is 5.92 Å². The lowest BCUT2D eigenvalue weighted by molar-refractivity contribution is 0.305. The van der Waals surface area contributed by atoms with Crippen molar-refractivity contribution < 1.29 is 4.74 Å². The van der Waals surface area contributed by atoms with Crippen LogP contribution in [0.5, 0.6) is 5.88 Å². The third-order valence-electron chi connectivity index (χ3n) is 3.27. The zero-order valence-electron chi connectivity index (χ0n) is 13.5. The lowest BCUT2D eigenvalue weighted by Gasteiger charge is -2.10. The third kappa shape index (κ3) is 7.29. The Balaban J connectivity index is 0.00000242. The maximum absolute atomic E-state index is 5.47. The Kier molecular flexibility index (Phi) is 9.19. The Morgan fingerprint density at radius 3 is 2.73 bits per heavy atom. The van der Waals surface area contributed by atoms with Crippen molar-refractivity contribution in [3.05, 3.63) is 23.9 Å². The second-order valence-corrected chi connectivity index (χ2v) is 5.37. The number of nitrogens with zero attached hydrogens (tertiary/aromatic N) is 2. The molecule has 1 fully saturated rings. The van der Waals surface area contributed by atoms with E-state index in [0.29, 0.717) is 19.0 Å². The summed E-state index contributed by atoms with van der Waals surface area (Å²) in [7, 11) is 0. The number of aliphatic imine (C=N–C) groups is 1. The van der Waals surface area contributed by atoms with Crippen molar-refractivity contribution in [3.63, 3.8) is 0 Å². The van der Waals surface area contributed by atoms with Crippen LogP contribution >= 0.6 is 24.0 Å². The van der Waals surface area contributed by atoms with Crippen molar-refractivity contribution >= 4 is 29.9 Å². The van der Waals surface area contributed by atoms with Gasteiger partial charge in [-0.1, -0.05) is 13.0 Å². The summed E-state index contributed by atoms with van der Waals surface area (Å²) in [6, 6.07) is 3.93. The maximum Gasteiger partial charge on any atom is 0.213 e. The summed E-state index contributed by atoms with van der Waals surface area (Å²) < 4.78 is 5.47. The molecule has 1 heterocycles. The molecule has 1 saturated carbocycles. The Morgan fingerprint density at radius 1 is 1.32 bits per heavy atom. The smallest absolute Gasteiger partial charge is 0.213 e. The Hall–Kier alpha value is -1.05. The first-order chi connectivity index (χ1) is 10.3. The van der Waals surface area contributed by atoms with E-state index < -0.39 is 0 Å². The van der Waals surface area contributed by atoms with E-state index in [-0.39, 0.29) is 24.0 Å². The van der Waals surface area contributed by atoms with Crippen molar-refractivity contribution in [3.8, 4) is 5.88 Å². The topological polar surface area (TPSA) is 58.5 Å². The van der Waals surface area contributed by atoms with Crippen LogP contribution in [0.1, 0.15) is 38.7 Å². The minimum absolute atomic E-state index is 0. The lowest BCUT2D eigenvalue weighted by atomic mass is 10.3. The summed E-state index contributed by atoms with van der Waals surface area (Å²) in [6.45, 7) is 7.39. The minimum Gasteiger partial charge on any atom is -0.478 e. The van der Waals surface area contributed by atoms with E-state index in [2.05, 4.69) is 34.5 Å². The maximum atomic E-state index is 5.47. The van der Waals surface area contributed by atoms with Crippen LogP contribution in [-0.2, 0) is 6.54 Å². The van der Waals surface area contributed by atoms with Crippen LogP contribution in [0.3, 0.4) is 0 Å². The predicted octanol–water partition coefficient (Wildman–Crippen LogP) is 2.95. The molecule has 0 unspecified atom stereocenters. The van der Waals surface area contributed by atoms with Crippen LogP contribution in [0.4, 0.5) is 0 Å². The monoisotopic (exact) mass is 418 g/mol. The fourth-order valence-corrected chi connectivity index (χ4v) is 1.87. The van der Waals surface area contributed by atoms with Gasteiger partial charge >= 0.3 is 0 Å². The van der Waals surface area contributed by atoms with Crippen molar-refractivity contribution in [1.29, 1.82) is 0 Å². The van der Waals surface area contributed by atoms with Crippen molar-refractivity contribution in [2.24, 2.45) is 10.9 Å². The Morgan fingerprint density at radius 2 is 2.14 bits per heavy atom. The van der Waals surface area contributed by atoms with Gasteiger partial charge in [-0.05, 0) is 37.7 Å². The van der Waals surface area contributed by atoms with Crippen LogP contribution in [0.25, 0.3) is 0 Å². The first-order valence-corrected chi connectivity index (χ1v) is 7.91. The van der Waals surface area contributed by atoms with E-state index in [1.54, 1.807) is 0 Å². The number of guanidine groups is 1. The molecule has 0 aliphatic heterocycles. The molecule has 5 nitrogen and oxygen atoms in total. The molecule has 124 valence electrons. The molecule has 22 heavy (non-hydrogen) atoms. The summed E-state index contributed by atoms with van der Waals surface area (Å²) in [4.78, 5) is 8.88. The van der Waals surface area contributed by atoms with Gasteiger partial charge in [0.15, 0.2) is 5.96 Å². The average Bonchev–Trinajstić information content (AvgIpc) is 3.33. The standard InChI is InChI=1S/C16H26N4O.HI/c1-3-9-21-15-8-7-14(11-18-15)12-20-16(17-4-2)19-10-13-5-6-13;/h7-8,11,13H,3-6,9-10,12H2,1-2H3,(H2,17,19,20);1H. The lowest BCUT2D eigenvalue weighted by Crippen LogP contribution is -2.38. The molecule has 0 bridgehead atoms. The number of ether oxygens (including phenoxy) is 1. The van der Waals surface area contributed by atoms with Gasteiger partial charge in [0.05, 0.1) is 13.2 Å². The molecule has 1 aromatic rings. The van der Waals surface area contributed by atoms with Gasteiger partial charge < -0.3 is 15.4 Å². The van der Waals surface area contributed by atoms with E-state index >= 15 is 0 Å². The summed E-state index contributed by atoms with van der Waals surface area (Å²) in [5, 5.41) is 6.66. The molecule has 1 aliphatic rings. The molecule has 0 saturated heterocycles. The van der Waals surface area contributed by atoms with Crippen LogP contribution in [-0.4, -0.2) is 30.6 Å². The molecule has 0 amide bonds. The second kappa shape index (κ2) is 10.6. The van der Waals surface area contributed by atoms with Crippen LogP contribution in [0.15, 0.2) is 23.3 Å². The molecular formula is C16H27IN4O. The average molecular weight is 418 g/mol. The SMILES string of the molecule is CCCOc1ccc(CN=C(NCC)NCC2CC2)cn1.I. The molecule has 0 radical (unpaired) electrons. The summed E-state index contributed by atoms with van der Waals surface area (Å²) in [6.07, 6.45) is 5.51. The molecule has 0 aromatic carbocycles. The van der Waals surface area contributed by atoms with Gasteiger partial charge in [0, 0.05) is 25.4 Å². The number of hydrogen-bond donors (Lipinski definition) is 2. The number of aromatic nitrogens is 1.